The first-order valence-corrected chi connectivity index (χ1v) is 11.7. The van der Waals surface area contributed by atoms with Gasteiger partial charge in [-0.05, 0) is 43.0 Å². The smallest absolute Gasteiger partial charge is 0.00934 e. The molecule has 0 amide bonds. The summed E-state index contributed by atoms with van der Waals surface area (Å²) in [6, 6.07) is 28.1. The molecule has 0 radical (unpaired) electrons. The van der Waals surface area contributed by atoms with Gasteiger partial charge in [0.05, 0.1) is 0 Å². The van der Waals surface area contributed by atoms with Crippen LogP contribution in [0.3, 0.4) is 0 Å². The van der Waals surface area contributed by atoms with Crippen LogP contribution in [0.25, 0.3) is 0 Å². The van der Waals surface area contributed by atoms with Crippen LogP contribution in [0.5, 0.6) is 0 Å². The molecule has 0 spiro atoms. The lowest BCUT2D eigenvalue weighted by Gasteiger charge is -1.69. The average molecular weight is 415 g/mol. The largest absolute Gasteiger partial charge is 0.152 e. The molecule has 0 saturated heterocycles. The van der Waals surface area contributed by atoms with Crippen molar-refractivity contribution in [3.8, 4) is 0 Å². The first-order chi connectivity index (χ1) is 13.0. The second-order valence-corrected chi connectivity index (χ2v) is 7.59. The van der Waals surface area contributed by atoms with E-state index < -0.39 is 0 Å². The van der Waals surface area contributed by atoms with Gasteiger partial charge >= 0.3 is 0 Å². The predicted octanol–water partition coefficient (Wildman–Crippen LogP) is 8.68. The van der Waals surface area contributed by atoms with E-state index in [0.29, 0.717) is 0 Å². The Kier molecular flexibility index (Phi) is 16.4. The van der Waals surface area contributed by atoms with Gasteiger partial charge in [0.2, 0.25) is 0 Å². The highest BCUT2D eigenvalue weighted by Crippen LogP contribution is 1.93. The van der Waals surface area contributed by atoms with E-state index >= 15 is 0 Å². The van der Waals surface area contributed by atoms with Crippen molar-refractivity contribution >= 4 is 45.3 Å². The van der Waals surface area contributed by atoms with Gasteiger partial charge < -0.3 is 0 Å². The Morgan fingerprint density at radius 2 is 0.346 bits per heavy atom. The fourth-order valence-electron chi connectivity index (χ4n) is 1.29. The number of rotatable bonds is 0. The molecular formula is C22H22S4. The van der Waals surface area contributed by atoms with Crippen LogP contribution in [-0.4, -0.2) is 0 Å². The molecule has 0 bridgehead atoms. The van der Waals surface area contributed by atoms with Crippen LogP contribution >= 0.6 is 45.3 Å². The Balaban J connectivity index is 0.000000163. The molecule has 0 nitrogen and oxygen atoms in total. The maximum atomic E-state index is 2.04. The number of hydrogen-bond donors (Lipinski definition) is 0. The van der Waals surface area contributed by atoms with Crippen molar-refractivity contribution in [3.05, 3.63) is 128 Å². The Morgan fingerprint density at radius 3 is 0.423 bits per heavy atom. The van der Waals surface area contributed by atoms with Crippen LogP contribution in [0.2, 0.25) is 0 Å². The fraction of sp³-hybridized carbons (Fsp3) is 0. The van der Waals surface area contributed by atoms with Crippen molar-refractivity contribution in [1.82, 2.24) is 0 Å². The molecule has 0 N–H and O–H groups in total. The molecule has 4 aromatic heterocycles. The van der Waals surface area contributed by atoms with Crippen LogP contribution in [0.4, 0.5) is 0 Å². The van der Waals surface area contributed by atoms with Crippen molar-refractivity contribution in [2.24, 2.45) is 0 Å². The Labute approximate surface area is 172 Å². The fourth-order valence-corrected chi connectivity index (χ4v) is 3.11. The molecule has 0 aliphatic carbocycles. The van der Waals surface area contributed by atoms with Gasteiger partial charge in [-0.1, -0.05) is 84.9 Å². The van der Waals surface area contributed by atoms with Crippen molar-refractivity contribution < 1.29 is 0 Å². The van der Waals surface area contributed by atoms with Crippen molar-refractivity contribution in [1.29, 1.82) is 0 Å². The Morgan fingerprint density at radius 1 is 0.192 bits per heavy atom. The molecule has 0 aliphatic heterocycles. The second-order valence-electron chi connectivity index (χ2n) is 4.33. The highest BCUT2D eigenvalue weighted by molar-refractivity contribution is 7.08. The van der Waals surface area contributed by atoms with E-state index in [0.717, 1.165) is 0 Å². The number of benzene rings is 1. The lowest BCUT2D eigenvalue weighted by atomic mass is 10.4. The molecule has 0 saturated carbocycles. The van der Waals surface area contributed by atoms with Crippen LogP contribution in [0.1, 0.15) is 0 Å². The third-order valence-electron chi connectivity index (χ3n) is 2.37. The monoisotopic (exact) mass is 414 g/mol. The van der Waals surface area contributed by atoms with Gasteiger partial charge in [0.25, 0.3) is 0 Å². The van der Waals surface area contributed by atoms with E-state index in [1.54, 1.807) is 45.3 Å². The molecule has 5 aromatic rings. The summed E-state index contributed by atoms with van der Waals surface area (Å²) in [5.41, 5.74) is 0. The SMILES string of the molecule is c1ccccc1.c1ccsc1.c1ccsc1.c1ccsc1.c1ccsc1. The molecule has 5 rings (SSSR count). The van der Waals surface area contributed by atoms with Gasteiger partial charge in [0.1, 0.15) is 0 Å². The van der Waals surface area contributed by atoms with Gasteiger partial charge in [-0.15, -0.1) is 0 Å². The van der Waals surface area contributed by atoms with Gasteiger partial charge in [0.15, 0.2) is 0 Å². The first kappa shape index (κ1) is 22.1. The van der Waals surface area contributed by atoms with E-state index in [1.165, 1.54) is 0 Å². The Bertz CT molecular complexity index is 526. The maximum absolute atomic E-state index is 2.04. The molecule has 26 heavy (non-hydrogen) atoms. The van der Waals surface area contributed by atoms with Gasteiger partial charge in [-0.2, -0.15) is 45.3 Å². The van der Waals surface area contributed by atoms with Gasteiger partial charge in [-0.3, -0.25) is 0 Å². The van der Waals surface area contributed by atoms with E-state index in [1.807, 2.05) is 128 Å². The van der Waals surface area contributed by atoms with E-state index in [4.69, 9.17) is 0 Å². The zero-order valence-electron chi connectivity index (χ0n) is 14.3. The summed E-state index contributed by atoms with van der Waals surface area (Å²) in [4.78, 5) is 0. The summed E-state index contributed by atoms with van der Waals surface area (Å²) < 4.78 is 0. The summed E-state index contributed by atoms with van der Waals surface area (Å²) in [6.45, 7) is 0. The molecule has 0 unspecified atom stereocenters. The normalized spacial score (nSPS) is 8.00. The maximum Gasteiger partial charge on any atom is -0.00934 e. The minimum atomic E-state index is 1.71. The topological polar surface area (TPSA) is 0 Å². The summed E-state index contributed by atoms with van der Waals surface area (Å²) in [5, 5.41) is 16.3. The number of thiophene rings is 4. The third-order valence-corrected chi connectivity index (χ3v) is 4.88. The highest BCUT2D eigenvalue weighted by atomic mass is 32.1. The van der Waals surface area contributed by atoms with Gasteiger partial charge in [0, 0.05) is 0 Å². The molecule has 0 fully saturated rings. The second kappa shape index (κ2) is 19.3. The van der Waals surface area contributed by atoms with E-state index in [2.05, 4.69) is 0 Å². The van der Waals surface area contributed by atoms with Crippen LogP contribution in [0, 0.1) is 0 Å². The predicted molar refractivity (Wildman–Crippen MR) is 124 cm³/mol. The zero-order chi connectivity index (χ0) is 18.4. The van der Waals surface area contributed by atoms with Crippen molar-refractivity contribution in [2.75, 3.05) is 0 Å². The molecular weight excluding hydrogens is 393 g/mol. The molecule has 0 aliphatic rings. The molecule has 4 heteroatoms. The Hall–Kier alpha value is -1.98. The summed E-state index contributed by atoms with van der Waals surface area (Å²) in [6.07, 6.45) is 0. The molecule has 134 valence electrons. The van der Waals surface area contributed by atoms with E-state index in [-0.39, 0.29) is 0 Å². The minimum absolute atomic E-state index is 1.71. The summed E-state index contributed by atoms with van der Waals surface area (Å²) in [7, 11) is 0. The highest BCUT2D eigenvalue weighted by Gasteiger charge is 1.60. The quantitative estimate of drug-likeness (QED) is 0.238. The summed E-state index contributed by atoms with van der Waals surface area (Å²) in [5.74, 6) is 0. The number of hydrogen-bond acceptors (Lipinski definition) is 4. The third kappa shape index (κ3) is 16.9. The lowest BCUT2D eigenvalue weighted by Crippen LogP contribution is -1.47. The minimum Gasteiger partial charge on any atom is -0.152 e. The van der Waals surface area contributed by atoms with Gasteiger partial charge in [-0.25, -0.2) is 0 Å². The average Bonchev–Trinajstić information content (AvgIpc) is 3.56. The van der Waals surface area contributed by atoms with Crippen LogP contribution in [-0.2, 0) is 0 Å². The van der Waals surface area contributed by atoms with Crippen molar-refractivity contribution in [3.63, 3.8) is 0 Å². The lowest BCUT2D eigenvalue weighted by molar-refractivity contribution is 1.72. The van der Waals surface area contributed by atoms with E-state index in [9.17, 15) is 0 Å². The molecule has 0 atom stereocenters. The molecule has 4 heterocycles. The first-order valence-electron chi connectivity index (χ1n) is 7.89. The molecule has 1 aromatic carbocycles. The summed E-state index contributed by atoms with van der Waals surface area (Å²) >= 11 is 6.85. The standard InChI is InChI=1S/C6H6.4C4H4S/c1-2-4-6-5-3-1;4*1-2-4-5-3-1/h1-6H;4*1-4H. The van der Waals surface area contributed by atoms with Crippen LogP contribution < -0.4 is 0 Å². The van der Waals surface area contributed by atoms with Crippen LogP contribution in [0.15, 0.2) is 128 Å². The zero-order valence-corrected chi connectivity index (χ0v) is 17.6. The van der Waals surface area contributed by atoms with Crippen molar-refractivity contribution in [2.45, 2.75) is 0 Å².